The van der Waals surface area contributed by atoms with Crippen molar-refractivity contribution in [3.05, 3.63) is 10.6 Å². The van der Waals surface area contributed by atoms with E-state index >= 15 is 0 Å². The van der Waals surface area contributed by atoms with Crippen molar-refractivity contribution in [2.75, 3.05) is 14.1 Å². The largest absolute Gasteiger partial charge is 0.302 e. The third-order valence-corrected chi connectivity index (χ3v) is 3.22. The first-order valence-corrected chi connectivity index (χ1v) is 5.61. The summed E-state index contributed by atoms with van der Waals surface area (Å²) >= 11 is 5.22. The molecule has 4 nitrogen and oxygen atoms in total. The number of hydrogen-bond donors (Lipinski definition) is 1. The van der Waals surface area contributed by atoms with Crippen molar-refractivity contribution in [3.8, 4) is 0 Å². The molecule has 0 saturated carbocycles. The maximum atomic E-state index is 5.22. The average molecular weight is 228 g/mol. The Balaban J connectivity index is 2.98. The molecule has 0 aromatic carbocycles. The Hall–Kier alpha value is -0.680. The molecular formula is C10H20N4S. The third kappa shape index (κ3) is 2.66. The van der Waals surface area contributed by atoms with Crippen LogP contribution in [0.15, 0.2) is 0 Å². The van der Waals surface area contributed by atoms with Gasteiger partial charge in [-0.2, -0.15) is 5.10 Å². The van der Waals surface area contributed by atoms with Crippen molar-refractivity contribution in [1.82, 2.24) is 19.7 Å². The van der Waals surface area contributed by atoms with Gasteiger partial charge in [0.15, 0.2) is 4.77 Å². The average Bonchev–Trinajstić information content (AvgIpc) is 2.47. The van der Waals surface area contributed by atoms with Crippen LogP contribution in [0.2, 0.25) is 0 Å². The monoisotopic (exact) mass is 228 g/mol. The fourth-order valence-electron chi connectivity index (χ4n) is 1.31. The van der Waals surface area contributed by atoms with Crippen molar-refractivity contribution in [2.45, 2.75) is 39.3 Å². The van der Waals surface area contributed by atoms with Crippen LogP contribution in [0.1, 0.15) is 26.6 Å². The van der Waals surface area contributed by atoms with Crippen molar-refractivity contribution in [1.29, 1.82) is 0 Å². The fraction of sp³-hybridized carbons (Fsp3) is 0.800. The molecule has 0 aliphatic carbocycles. The molecule has 0 radical (unpaired) electrons. The number of rotatable bonds is 4. The Kier molecular flexibility index (Phi) is 3.67. The maximum absolute atomic E-state index is 5.22. The first kappa shape index (κ1) is 12.4. The van der Waals surface area contributed by atoms with Crippen LogP contribution in [-0.4, -0.2) is 39.3 Å². The normalized spacial score (nSPS) is 12.4. The van der Waals surface area contributed by atoms with Gasteiger partial charge in [0.1, 0.15) is 5.82 Å². The molecule has 0 bridgehead atoms. The molecule has 5 heteroatoms. The summed E-state index contributed by atoms with van der Waals surface area (Å²) in [7, 11) is 4.16. The second-order valence-corrected chi connectivity index (χ2v) is 4.98. The Morgan fingerprint density at radius 3 is 2.53 bits per heavy atom. The lowest BCUT2D eigenvalue weighted by atomic mass is 10.0. The number of likely N-dealkylation sites (N-methyl/N-ethyl adjacent to an activating group) is 1. The first-order valence-electron chi connectivity index (χ1n) is 5.20. The summed E-state index contributed by atoms with van der Waals surface area (Å²) in [6, 6.07) is 0. The van der Waals surface area contributed by atoms with Crippen LogP contribution in [0.4, 0.5) is 0 Å². The maximum Gasteiger partial charge on any atom is 0.195 e. The number of aromatic amines is 1. The van der Waals surface area contributed by atoms with Gasteiger partial charge in [-0.1, -0.05) is 6.92 Å². The third-order valence-electron chi connectivity index (χ3n) is 2.91. The Morgan fingerprint density at radius 2 is 2.07 bits per heavy atom. The van der Waals surface area contributed by atoms with E-state index in [1.807, 2.05) is 0 Å². The van der Waals surface area contributed by atoms with E-state index in [4.69, 9.17) is 12.2 Å². The molecule has 86 valence electrons. The van der Waals surface area contributed by atoms with Gasteiger partial charge in [0, 0.05) is 18.5 Å². The van der Waals surface area contributed by atoms with E-state index in [0.717, 1.165) is 18.8 Å². The predicted molar refractivity (Wildman–Crippen MR) is 64.6 cm³/mol. The second-order valence-electron chi connectivity index (χ2n) is 4.59. The molecule has 1 aromatic rings. The predicted octanol–water partition coefficient (Wildman–Crippen LogP) is 1.84. The van der Waals surface area contributed by atoms with E-state index in [9.17, 15) is 0 Å². The number of hydrogen-bond acceptors (Lipinski definition) is 3. The van der Waals surface area contributed by atoms with Gasteiger partial charge in [0.25, 0.3) is 0 Å². The van der Waals surface area contributed by atoms with Gasteiger partial charge in [-0.25, -0.2) is 0 Å². The summed E-state index contributed by atoms with van der Waals surface area (Å²) in [6.07, 6.45) is 0.899. The molecule has 1 rings (SSSR count). The molecule has 0 amide bonds. The second kappa shape index (κ2) is 4.45. The van der Waals surface area contributed by atoms with Gasteiger partial charge in [-0.15, -0.1) is 0 Å². The summed E-state index contributed by atoms with van der Waals surface area (Å²) in [6.45, 7) is 7.34. The van der Waals surface area contributed by atoms with Crippen LogP contribution in [0, 0.1) is 4.77 Å². The highest BCUT2D eigenvalue weighted by molar-refractivity contribution is 7.71. The van der Waals surface area contributed by atoms with Gasteiger partial charge < -0.3 is 9.47 Å². The molecule has 0 fully saturated rings. The van der Waals surface area contributed by atoms with Gasteiger partial charge in [0.05, 0.1) is 0 Å². The molecule has 0 aliphatic heterocycles. The zero-order valence-corrected chi connectivity index (χ0v) is 11.0. The lowest BCUT2D eigenvalue weighted by molar-refractivity contribution is 0.167. The molecule has 0 unspecified atom stereocenters. The molecule has 1 aromatic heterocycles. The molecule has 0 saturated heterocycles. The Labute approximate surface area is 96.3 Å². The zero-order chi connectivity index (χ0) is 11.6. The minimum atomic E-state index is 0.0754. The van der Waals surface area contributed by atoms with E-state index in [2.05, 4.69) is 54.5 Å². The molecular weight excluding hydrogens is 208 g/mol. The molecule has 0 aliphatic rings. The molecule has 0 atom stereocenters. The number of aryl methyl sites for hydroxylation is 1. The first-order chi connectivity index (χ1) is 6.88. The van der Waals surface area contributed by atoms with E-state index in [1.165, 1.54) is 0 Å². The number of nitrogens with zero attached hydrogens (tertiary/aromatic N) is 3. The summed E-state index contributed by atoms with van der Waals surface area (Å²) in [5.41, 5.74) is 0.0754. The van der Waals surface area contributed by atoms with Crippen molar-refractivity contribution < 1.29 is 0 Å². The Morgan fingerprint density at radius 1 is 1.47 bits per heavy atom. The number of nitrogens with one attached hydrogen (secondary N) is 1. The smallest absolute Gasteiger partial charge is 0.195 e. The highest BCUT2D eigenvalue weighted by Crippen LogP contribution is 2.14. The standard InChI is InChI=1S/C10H20N4S/c1-6-8-11-12-9(15)14(8)7-10(2,3)13(4)5/h6-7H2,1-5H3,(H,12,15). The molecule has 0 spiro atoms. The van der Waals surface area contributed by atoms with Gasteiger partial charge >= 0.3 is 0 Å². The molecule has 15 heavy (non-hydrogen) atoms. The van der Waals surface area contributed by atoms with Gasteiger partial charge in [-0.3, -0.25) is 5.10 Å². The summed E-state index contributed by atoms with van der Waals surface area (Å²) < 4.78 is 2.79. The lowest BCUT2D eigenvalue weighted by Gasteiger charge is -2.33. The van der Waals surface area contributed by atoms with Crippen molar-refractivity contribution in [3.63, 3.8) is 0 Å². The van der Waals surface area contributed by atoms with E-state index in [-0.39, 0.29) is 5.54 Å². The van der Waals surface area contributed by atoms with Crippen molar-refractivity contribution >= 4 is 12.2 Å². The van der Waals surface area contributed by atoms with Crippen LogP contribution in [0.3, 0.4) is 0 Å². The summed E-state index contributed by atoms with van der Waals surface area (Å²) in [4.78, 5) is 2.20. The number of aromatic nitrogens is 3. The van der Waals surface area contributed by atoms with Crippen LogP contribution in [-0.2, 0) is 13.0 Å². The zero-order valence-electron chi connectivity index (χ0n) is 10.2. The van der Waals surface area contributed by atoms with E-state index in [0.29, 0.717) is 4.77 Å². The van der Waals surface area contributed by atoms with Crippen LogP contribution < -0.4 is 0 Å². The van der Waals surface area contributed by atoms with Crippen molar-refractivity contribution in [2.24, 2.45) is 0 Å². The minimum Gasteiger partial charge on any atom is -0.302 e. The number of H-pyrrole nitrogens is 1. The molecule has 1 heterocycles. The topological polar surface area (TPSA) is 36.9 Å². The molecule has 1 N–H and O–H groups in total. The quantitative estimate of drug-likeness (QED) is 0.799. The minimum absolute atomic E-state index is 0.0754. The Bertz CT molecular complexity index is 375. The van der Waals surface area contributed by atoms with Crippen LogP contribution >= 0.6 is 12.2 Å². The summed E-state index contributed by atoms with van der Waals surface area (Å²) in [5, 5.41) is 7.05. The highest BCUT2D eigenvalue weighted by atomic mass is 32.1. The van der Waals surface area contributed by atoms with E-state index in [1.54, 1.807) is 0 Å². The summed E-state index contributed by atoms with van der Waals surface area (Å²) in [5.74, 6) is 1.02. The lowest BCUT2D eigenvalue weighted by Crippen LogP contribution is -2.42. The van der Waals surface area contributed by atoms with E-state index < -0.39 is 0 Å². The highest BCUT2D eigenvalue weighted by Gasteiger charge is 2.22. The van der Waals surface area contributed by atoms with Gasteiger partial charge in [0.2, 0.25) is 0 Å². The van der Waals surface area contributed by atoms with Crippen LogP contribution in [0.5, 0.6) is 0 Å². The SMILES string of the molecule is CCc1n[nH]c(=S)n1CC(C)(C)N(C)C. The fourth-order valence-corrected chi connectivity index (χ4v) is 1.53. The van der Waals surface area contributed by atoms with Crippen LogP contribution in [0.25, 0.3) is 0 Å². The van der Waals surface area contributed by atoms with Gasteiger partial charge in [-0.05, 0) is 40.2 Å².